The molecule has 0 aliphatic rings. The third kappa shape index (κ3) is 2.72. The van der Waals surface area contributed by atoms with Crippen LogP contribution in [0, 0.1) is 17.1 Å². The molecule has 16 heavy (non-hydrogen) atoms. The van der Waals surface area contributed by atoms with Gasteiger partial charge in [0.2, 0.25) is 0 Å². The molecule has 0 saturated carbocycles. The molecule has 3 nitrogen and oxygen atoms in total. The number of nitriles is 1. The van der Waals surface area contributed by atoms with Crippen molar-refractivity contribution >= 4 is 12.4 Å². The monoisotopic (exact) mass is 242 g/mol. The highest BCUT2D eigenvalue weighted by atomic mass is 35.5. The standard InChI is InChI=1S/C11H11FN2O.ClH/c1-2-3-10(14)7-4-5-9(12)8(6-13)11(7)15;/h2,4-5,10,15H,1,3,14H2;1H/t10-;/m0./s1. The molecule has 0 radical (unpaired) electrons. The first-order valence-corrected chi connectivity index (χ1v) is 4.39. The Kier molecular flexibility index (Phi) is 5.51. The number of hydrogen-bond donors (Lipinski definition) is 2. The maximum Gasteiger partial charge on any atom is 0.144 e. The molecule has 1 aromatic carbocycles. The SMILES string of the molecule is C=CC[C@H](N)c1ccc(F)c(C#N)c1O.Cl. The summed E-state index contributed by atoms with van der Waals surface area (Å²) in [4.78, 5) is 0. The van der Waals surface area contributed by atoms with Gasteiger partial charge in [-0.3, -0.25) is 0 Å². The molecule has 1 aromatic rings. The van der Waals surface area contributed by atoms with Crippen LogP contribution in [0.2, 0.25) is 0 Å². The molecule has 1 rings (SSSR count). The van der Waals surface area contributed by atoms with Crippen LogP contribution in [0.3, 0.4) is 0 Å². The van der Waals surface area contributed by atoms with Crippen molar-refractivity contribution in [2.75, 3.05) is 0 Å². The van der Waals surface area contributed by atoms with Crippen LogP contribution in [-0.4, -0.2) is 5.11 Å². The average Bonchev–Trinajstić information content (AvgIpc) is 2.18. The summed E-state index contributed by atoms with van der Waals surface area (Å²) in [6, 6.07) is 3.61. The van der Waals surface area contributed by atoms with Crippen LogP contribution < -0.4 is 5.73 Å². The Morgan fingerprint density at radius 3 is 2.75 bits per heavy atom. The lowest BCUT2D eigenvalue weighted by Gasteiger charge is -2.12. The van der Waals surface area contributed by atoms with E-state index in [0.717, 1.165) is 6.07 Å². The molecule has 86 valence electrons. The number of phenols is 1. The van der Waals surface area contributed by atoms with Crippen LogP contribution in [0.5, 0.6) is 5.75 Å². The zero-order chi connectivity index (χ0) is 11.4. The van der Waals surface area contributed by atoms with Gasteiger partial charge in [0.1, 0.15) is 23.2 Å². The molecule has 3 N–H and O–H groups in total. The molecule has 1 atom stereocenters. The lowest BCUT2D eigenvalue weighted by atomic mass is 10.0. The molecule has 0 aromatic heterocycles. The maximum absolute atomic E-state index is 13.0. The second-order valence-electron chi connectivity index (χ2n) is 3.10. The molecular weight excluding hydrogens is 231 g/mol. The number of hydrogen-bond acceptors (Lipinski definition) is 3. The molecule has 0 unspecified atom stereocenters. The molecular formula is C11H12ClFN2O. The number of aromatic hydroxyl groups is 1. The number of nitrogens with two attached hydrogens (primary N) is 1. The largest absolute Gasteiger partial charge is 0.506 e. The van der Waals surface area contributed by atoms with Crippen LogP contribution >= 0.6 is 12.4 Å². The number of rotatable bonds is 3. The Morgan fingerprint density at radius 1 is 1.62 bits per heavy atom. The molecule has 0 aliphatic heterocycles. The van der Waals surface area contributed by atoms with Gasteiger partial charge in [-0.15, -0.1) is 19.0 Å². The van der Waals surface area contributed by atoms with Gasteiger partial charge in [-0.05, 0) is 12.5 Å². The Balaban J connectivity index is 0.00000225. The van der Waals surface area contributed by atoms with E-state index in [4.69, 9.17) is 11.0 Å². The predicted octanol–water partition coefficient (Wildman–Crippen LogP) is 2.40. The smallest absolute Gasteiger partial charge is 0.144 e. The first-order valence-electron chi connectivity index (χ1n) is 4.39. The second-order valence-corrected chi connectivity index (χ2v) is 3.10. The minimum atomic E-state index is -0.746. The fraction of sp³-hybridized carbons (Fsp3) is 0.182. The van der Waals surface area contributed by atoms with E-state index < -0.39 is 11.9 Å². The Morgan fingerprint density at radius 2 is 2.25 bits per heavy atom. The number of phenolic OH excluding ortho intramolecular Hbond substituents is 1. The molecule has 5 heteroatoms. The normalized spacial score (nSPS) is 11.1. The summed E-state index contributed by atoms with van der Waals surface area (Å²) in [5.41, 5.74) is 5.70. The molecule has 0 bridgehead atoms. The van der Waals surface area contributed by atoms with E-state index in [2.05, 4.69) is 6.58 Å². The summed E-state index contributed by atoms with van der Waals surface area (Å²) in [5, 5.41) is 18.2. The van der Waals surface area contributed by atoms with Crippen molar-refractivity contribution in [1.29, 1.82) is 5.26 Å². The summed E-state index contributed by atoms with van der Waals surface area (Å²) < 4.78 is 13.0. The van der Waals surface area contributed by atoms with Gasteiger partial charge in [0.05, 0.1) is 0 Å². The number of halogens is 2. The average molecular weight is 243 g/mol. The number of benzene rings is 1. The van der Waals surface area contributed by atoms with Crippen molar-refractivity contribution in [3.05, 3.63) is 41.7 Å². The lowest BCUT2D eigenvalue weighted by Crippen LogP contribution is -2.10. The van der Waals surface area contributed by atoms with E-state index in [1.807, 2.05) is 0 Å². The third-order valence-corrected chi connectivity index (χ3v) is 2.09. The minimum absolute atomic E-state index is 0. The van der Waals surface area contributed by atoms with Crippen molar-refractivity contribution in [3.63, 3.8) is 0 Å². The van der Waals surface area contributed by atoms with Gasteiger partial charge < -0.3 is 10.8 Å². The van der Waals surface area contributed by atoms with Gasteiger partial charge in [-0.25, -0.2) is 4.39 Å². The zero-order valence-electron chi connectivity index (χ0n) is 8.48. The van der Waals surface area contributed by atoms with Crippen LogP contribution in [0.4, 0.5) is 4.39 Å². The van der Waals surface area contributed by atoms with Crippen molar-refractivity contribution in [3.8, 4) is 11.8 Å². The zero-order valence-corrected chi connectivity index (χ0v) is 9.30. The summed E-state index contributed by atoms with van der Waals surface area (Å²) in [6.45, 7) is 3.52. The van der Waals surface area contributed by atoms with E-state index in [9.17, 15) is 9.50 Å². The third-order valence-electron chi connectivity index (χ3n) is 2.09. The van der Waals surface area contributed by atoms with Gasteiger partial charge in [-0.1, -0.05) is 12.1 Å². The summed E-state index contributed by atoms with van der Waals surface area (Å²) >= 11 is 0. The summed E-state index contributed by atoms with van der Waals surface area (Å²) in [6.07, 6.45) is 2.05. The molecule has 0 aliphatic carbocycles. The highest BCUT2D eigenvalue weighted by Gasteiger charge is 2.16. The van der Waals surface area contributed by atoms with E-state index in [1.54, 1.807) is 12.1 Å². The van der Waals surface area contributed by atoms with Crippen molar-refractivity contribution < 1.29 is 9.50 Å². The van der Waals surface area contributed by atoms with Gasteiger partial charge in [-0.2, -0.15) is 5.26 Å². The van der Waals surface area contributed by atoms with Gasteiger partial charge >= 0.3 is 0 Å². The van der Waals surface area contributed by atoms with Gasteiger partial charge in [0, 0.05) is 11.6 Å². The Bertz CT molecular complexity index is 429. The molecule has 0 fully saturated rings. The van der Waals surface area contributed by atoms with Crippen LogP contribution in [0.25, 0.3) is 0 Å². The highest BCUT2D eigenvalue weighted by molar-refractivity contribution is 5.85. The Hall–Kier alpha value is -1.57. The fourth-order valence-corrected chi connectivity index (χ4v) is 1.29. The first-order chi connectivity index (χ1) is 7.11. The van der Waals surface area contributed by atoms with Crippen LogP contribution in [0.15, 0.2) is 24.8 Å². The lowest BCUT2D eigenvalue weighted by molar-refractivity contribution is 0.453. The van der Waals surface area contributed by atoms with Gasteiger partial charge in [0.15, 0.2) is 0 Å². The molecule has 0 saturated heterocycles. The van der Waals surface area contributed by atoms with Crippen molar-refractivity contribution in [2.24, 2.45) is 5.73 Å². The van der Waals surface area contributed by atoms with E-state index >= 15 is 0 Å². The first kappa shape index (κ1) is 14.4. The maximum atomic E-state index is 13.0. The fourth-order valence-electron chi connectivity index (χ4n) is 1.29. The molecule has 0 spiro atoms. The van der Waals surface area contributed by atoms with E-state index in [1.165, 1.54) is 6.07 Å². The van der Waals surface area contributed by atoms with E-state index in [-0.39, 0.29) is 23.7 Å². The quantitative estimate of drug-likeness (QED) is 0.800. The van der Waals surface area contributed by atoms with Crippen molar-refractivity contribution in [1.82, 2.24) is 0 Å². The highest BCUT2D eigenvalue weighted by Crippen LogP contribution is 2.29. The summed E-state index contributed by atoms with van der Waals surface area (Å²) in [5.74, 6) is -1.13. The minimum Gasteiger partial charge on any atom is -0.506 e. The second kappa shape index (κ2) is 6.11. The van der Waals surface area contributed by atoms with Crippen LogP contribution in [-0.2, 0) is 0 Å². The predicted molar refractivity (Wildman–Crippen MR) is 61.8 cm³/mol. The van der Waals surface area contributed by atoms with E-state index in [0.29, 0.717) is 12.0 Å². The van der Waals surface area contributed by atoms with Crippen molar-refractivity contribution in [2.45, 2.75) is 12.5 Å². The summed E-state index contributed by atoms with van der Waals surface area (Å²) in [7, 11) is 0. The Labute approximate surface area is 99.4 Å². The molecule has 0 amide bonds. The topological polar surface area (TPSA) is 70.0 Å². The van der Waals surface area contributed by atoms with Gasteiger partial charge in [0.25, 0.3) is 0 Å². The number of nitrogens with zero attached hydrogens (tertiary/aromatic N) is 1. The van der Waals surface area contributed by atoms with Crippen LogP contribution in [0.1, 0.15) is 23.6 Å². The molecule has 0 heterocycles.